The largest absolute Gasteiger partial charge is 0.311 e. The molecule has 0 N–H and O–H groups in total. The predicted octanol–water partition coefficient (Wildman–Crippen LogP) is 24.0. The fourth-order valence-electron chi connectivity index (χ4n) is 15.7. The van der Waals surface area contributed by atoms with Gasteiger partial charge in [0.05, 0.1) is 11.4 Å². The van der Waals surface area contributed by atoms with E-state index >= 15 is 0 Å². The number of aromatic nitrogens is 1. The molecular weight excluding hydrogens is 1190 g/mol. The van der Waals surface area contributed by atoms with Crippen LogP contribution in [0.5, 0.6) is 0 Å². The van der Waals surface area contributed by atoms with Crippen molar-refractivity contribution in [2.75, 3.05) is 9.80 Å². The Morgan fingerprint density at radius 1 is 0.242 bits per heavy atom. The van der Waals surface area contributed by atoms with Crippen LogP contribution >= 0.6 is 0 Å². The molecule has 0 saturated carbocycles. The summed E-state index contributed by atoms with van der Waals surface area (Å²) in [4.78, 5) is 11.1. The van der Waals surface area contributed by atoms with Gasteiger partial charge < -0.3 is 9.80 Å². The lowest BCUT2D eigenvalue weighted by Crippen LogP contribution is -2.61. The molecule has 3 heterocycles. The molecule has 0 radical (unpaired) electrons. The summed E-state index contributed by atoms with van der Waals surface area (Å²) < 4.78 is 0. The molecule has 0 bridgehead atoms. The lowest BCUT2D eigenvalue weighted by atomic mass is 9.33. The molecule has 2 aliphatic heterocycles. The molecule has 15 aromatic carbocycles. The molecule has 0 amide bonds. The van der Waals surface area contributed by atoms with E-state index < -0.39 is 0 Å². The summed E-state index contributed by atoms with van der Waals surface area (Å²) >= 11 is 0. The highest BCUT2D eigenvalue weighted by molar-refractivity contribution is 7.00. The topological polar surface area (TPSA) is 19.4 Å². The van der Waals surface area contributed by atoms with Crippen molar-refractivity contribution in [3.05, 3.63) is 339 Å². The second kappa shape index (κ2) is 23.5. The van der Waals surface area contributed by atoms with Gasteiger partial charge in [0.25, 0.3) is 6.71 Å². The first-order chi connectivity index (χ1) is 48.3. The molecule has 4 heteroatoms. The van der Waals surface area contributed by atoms with Crippen LogP contribution in [0.3, 0.4) is 0 Å². The van der Waals surface area contributed by atoms with Gasteiger partial charge in [-0.1, -0.05) is 272 Å². The Labute approximate surface area is 580 Å². The molecule has 1 aromatic heterocycles. The number of benzene rings is 15. The molecule has 0 saturated heterocycles. The lowest BCUT2D eigenvalue weighted by Gasteiger charge is -2.45. The van der Waals surface area contributed by atoms with Crippen LogP contribution in [-0.4, -0.2) is 11.7 Å². The fourth-order valence-corrected chi connectivity index (χ4v) is 15.7. The van der Waals surface area contributed by atoms with Crippen LogP contribution in [0.1, 0.15) is 52.7 Å². The van der Waals surface area contributed by atoms with Gasteiger partial charge in [-0.15, -0.1) is 0 Å². The lowest BCUT2D eigenvalue weighted by molar-refractivity contribution is 0.590. The highest BCUT2D eigenvalue weighted by atomic mass is 15.2. The molecule has 99 heavy (non-hydrogen) atoms. The van der Waals surface area contributed by atoms with E-state index in [1.54, 1.807) is 0 Å². The van der Waals surface area contributed by atoms with Gasteiger partial charge in [-0.05, 0) is 234 Å². The summed E-state index contributed by atoms with van der Waals surface area (Å²) in [5, 5.41) is 9.83. The van der Waals surface area contributed by atoms with Crippen LogP contribution in [-0.2, 0) is 10.8 Å². The molecule has 0 atom stereocenters. The third-order valence-corrected chi connectivity index (χ3v) is 20.8. The van der Waals surface area contributed by atoms with Crippen molar-refractivity contribution in [3.63, 3.8) is 0 Å². The third kappa shape index (κ3) is 10.6. The van der Waals surface area contributed by atoms with Crippen molar-refractivity contribution in [1.29, 1.82) is 0 Å². The summed E-state index contributed by atoms with van der Waals surface area (Å²) in [5.41, 5.74) is 28.1. The van der Waals surface area contributed by atoms with Crippen molar-refractivity contribution in [2.45, 2.75) is 52.4 Å². The van der Waals surface area contributed by atoms with Crippen molar-refractivity contribution < 1.29 is 0 Å². The van der Waals surface area contributed by atoms with Crippen LogP contribution in [0.25, 0.3) is 121 Å². The molecule has 3 nitrogen and oxygen atoms in total. The molecule has 0 unspecified atom stereocenters. The van der Waals surface area contributed by atoms with Gasteiger partial charge >= 0.3 is 0 Å². The Hall–Kier alpha value is -11.8. The quantitative estimate of drug-likeness (QED) is 0.106. The minimum Gasteiger partial charge on any atom is -0.311 e. The summed E-state index contributed by atoms with van der Waals surface area (Å²) in [6.07, 6.45) is 0. The number of hydrogen-bond donors (Lipinski definition) is 0. The zero-order valence-electron chi connectivity index (χ0n) is 56.6. The van der Waals surface area contributed by atoms with Crippen LogP contribution < -0.4 is 26.2 Å². The third-order valence-electron chi connectivity index (χ3n) is 20.8. The minimum atomic E-state index is -0.159. The molecular formula is C95H72BN3. The number of pyridine rings is 1. The van der Waals surface area contributed by atoms with E-state index in [4.69, 9.17) is 4.98 Å². The van der Waals surface area contributed by atoms with Gasteiger partial charge in [0.15, 0.2) is 0 Å². The van der Waals surface area contributed by atoms with E-state index in [0.717, 1.165) is 101 Å². The first kappa shape index (κ1) is 59.6. The number of hydrogen-bond acceptors (Lipinski definition) is 3. The van der Waals surface area contributed by atoms with Crippen LogP contribution in [0, 0.1) is 0 Å². The van der Waals surface area contributed by atoms with E-state index in [1.807, 2.05) is 0 Å². The Balaban J connectivity index is 0.974. The number of fused-ring (bicyclic) bond motifs is 10. The number of anilines is 6. The monoisotopic (exact) mass is 1270 g/mol. The van der Waals surface area contributed by atoms with Crippen molar-refractivity contribution in [1.82, 2.24) is 4.98 Å². The van der Waals surface area contributed by atoms with Gasteiger partial charge in [-0.3, -0.25) is 0 Å². The zero-order chi connectivity index (χ0) is 66.7. The van der Waals surface area contributed by atoms with E-state index in [9.17, 15) is 0 Å². The van der Waals surface area contributed by atoms with Crippen molar-refractivity contribution in [3.8, 4) is 78.1 Å². The molecule has 470 valence electrons. The van der Waals surface area contributed by atoms with Gasteiger partial charge in [-0.2, -0.15) is 0 Å². The van der Waals surface area contributed by atoms with E-state index in [2.05, 4.69) is 379 Å². The maximum Gasteiger partial charge on any atom is 0.252 e. The zero-order valence-corrected chi connectivity index (χ0v) is 56.6. The Kier molecular flexibility index (Phi) is 14.1. The molecule has 18 rings (SSSR count). The predicted molar refractivity (Wildman–Crippen MR) is 424 cm³/mol. The van der Waals surface area contributed by atoms with E-state index in [0.29, 0.717) is 0 Å². The Morgan fingerprint density at radius 3 is 0.919 bits per heavy atom. The van der Waals surface area contributed by atoms with Gasteiger partial charge in [0.1, 0.15) is 0 Å². The highest BCUT2D eigenvalue weighted by Crippen LogP contribution is 2.50. The molecule has 0 spiro atoms. The Bertz CT molecular complexity index is 5380. The number of rotatable bonds is 9. The SMILES string of the molecule is CC(C)(C)c1ccc(N2c3cc4c(ccc5ccccc54)cc3B3c4cc5ccc6ccccc6c5cc4N(c4ccc(C(C)(C)C)cc4)c4cc(-c5cc(-c6cc(-c7ccccc7)cc(-c7ccccc7)c6)nc(-c6cc(-c7ccccc7)cc(-c7ccccc7)c6)c5)cc2c43)cc1. The van der Waals surface area contributed by atoms with E-state index in [1.165, 1.54) is 82.0 Å². The second-order valence-electron chi connectivity index (χ2n) is 29.2. The van der Waals surface area contributed by atoms with Gasteiger partial charge in [0, 0.05) is 45.3 Å². The second-order valence-corrected chi connectivity index (χ2v) is 29.2. The average molecular weight is 1270 g/mol. The van der Waals surface area contributed by atoms with Gasteiger partial charge in [0.2, 0.25) is 0 Å². The van der Waals surface area contributed by atoms with E-state index in [-0.39, 0.29) is 17.5 Å². The highest BCUT2D eigenvalue weighted by Gasteiger charge is 2.44. The summed E-state index contributed by atoms with van der Waals surface area (Å²) in [5.74, 6) is 0. The molecule has 2 aliphatic rings. The standard InChI is InChI=1S/C95H72BN3/c1-94(2,3)77-39-43-79(44-40-77)98-89-59-83-67(37-35-65-31-19-21-33-81(65)83)53-85(89)96-86-54-68-38-36-66-32-20-22-34-82(66)84(68)60-90(86)99(80-45-41-78(42-46-80)95(4,5)6)92-58-74(57-91(98)93(92)96)73-55-87(75-49-69(61-23-11-7-12-24-61)47-70(50-75)62-25-13-8-14-26-62)97-88(56-73)76-51-71(63-27-15-9-16-28-63)48-72(52-76)64-29-17-10-18-30-64/h7-60H,1-6H3. The minimum absolute atomic E-state index is 0.0554. The van der Waals surface area contributed by atoms with Crippen LogP contribution in [0.4, 0.5) is 34.1 Å². The first-order valence-corrected chi connectivity index (χ1v) is 34.7. The summed E-state index contributed by atoms with van der Waals surface area (Å²) in [6.45, 7) is 13.7. The molecule has 0 fully saturated rings. The summed E-state index contributed by atoms with van der Waals surface area (Å²) in [6, 6.07) is 123. The summed E-state index contributed by atoms with van der Waals surface area (Å²) in [7, 11) is 0. The maximum absolute atomic E-state index is 5.92. The average Bonchev–Trinajstić information content (AvgIpc) is 0.689. The first-order valence-electron chi connectivity index (χ1n) is 34.7. The fraction of sp³-hybridized carbons (Fsp3) is 0.0842. The molecule has 0 aliphatic carbocycles. The smallest absolute Gasteiger partial charge is 0.252 e. The van der Waals surface area contributed by atoms with Crippen molar-refractivity contribution >= 4 is 100 Å². The molecule has 16 aromatic rings. The van der Waals surface area contributed by atoms with Gasteiger partial charge in [-0.25, -0.2) is 4.98 Å². The number of nitrogens with zero attached hydrogens (tertiary/aromatic N) is 3. The van der Waals surface area contributed by atoms with Crippen LogP contribution in [0.15, 0.2) is 328 Å². The Morgan fingerprint density at radius 2 is 0.556 bits per heavy atom. The van der Waals surface area contributed by atoms with Crippen LogP contribution in [0.2, 0.25) is 0 Å². The maximum atomic E-state index is 5.92. The normalized spacial score (nSPS) is 12.7. The van der Waals surface area contributed by atoms with Crippen molar-refractivity contribution in [2.24, 2.45) is 0 Å².